The first-order valence-electron chi connectivity index (χ1n) is 9.07. The van der Waals surface area contributed by atoms with Gasteiger partial charge in [0.1, 0.15) is 16.8 Å². The second-order valence-electron chi connectivity index (χ2n) is 6.59. The number of ether oxygens (including phenoxy) is 1. The van der Waals surface area contributed by atoms with Crippen LogP contribution in [0.25, 0.3) is 0 Å². The lowest BCUT2D eigenvalue weighted by Gasteiger charge is -2.39. The van der Waals surface area contributed by atoms with E-state index in [9.17, 15) is 23.3 Å². The lowest BCUT2D eigenvalue weighted by atomic mass is 9.98. The van der Waals surface area contributed by atoms with Gasteiger partial charge in [-0.05, 0) is 32.0 Å². The summed E-state index contributed by atoms with van der Waals surface area (Å²) in [6.45, 7) is 3.89. The third-order valence-corrected chi connectivity index (χ3v) is 5.87. The Morgan fingerprint density at radius 1 is 1.40 bits per heavy atom. The normalized spacial score (nSPS) is 13.8. The zero-order chi connectivity index (χ0) is 21.9. The van der Waals surface area contributed by atoms with Crippen LogP contribution in [-0.2, 0) is 19.6 Å². The fourth-order valence-corrected chi connectivity index (χ4v) is 3.94. The summed E-state index contributed by atoms with van der Waals surface area (Å²) in [5, 5.41) is 9.43. The number of sulfonamides is 1. The minimum Gasteiger partial charge on any atom is -0.462 e. The number of hydrogen-bond acceptors (Lipinski definition) is 9. The average Bonchev–Trinajstić information content (AvgIpc) is 2.67. The first-order valence-corrected chi connectivity index (χ1v) is 10.6. The molecule has 0 radical (unpaired) electrons. The van der Waals surface area contributed by atoms with Gasteiger partial charge in [-0.15, -0.1) is 0 Å². The molecule has 3 heterocycles. The van der Waals surface area contributed by atoms with E-state index in [1.807, 2.05) is 10.8 Å². The summed E-state index contributed by atoms with van der Waals surface area (Å²) in [5.74, 6) is -1.46. The van der Waals surface area contributed by atoms with Gasteiger partial charge >= 0.3 is 5.97 Å². The van der Waals surface area contributed by atoms with E-state index in [4.69, 9.17) is 4.74 Å². The van der Waals surface area contributed by atoms with E-state index >= 15 is 0 Å². The summed E-state index contributed by atoms with van der Waals surface area (Å²) in [6.07, 6.45) is 2.58. The van der Waals surface area contributed by atoms with Gasteiger partial charge in [-0.3, -0.25) is 9.78 Å². The standard InChI is InChI=1S/C19H19N5O5S/c1-3-29-19(26)16-7-13(8-20)17(22-12(16)2)24-10-14(11-24)18(25)23-30(27,28)15-5-4-6-21-9-15/h4-7,9,14H,3,10-11H2,1-2H3,(H,23,25). The van der Waals surface area contributed by atoms with Gasteiger partial charge in [0.25, 0.3) is 10.0 Å². The maximum atomic E-state index is 12.3. The van der Waals surface area contributed by atoms with Crippen LogP contribution >= 0.6 is 0 Å². The SMILES string of the molecule is CCOC(=O)c1cc(C#N)c(N2CC(C(=O)NS(=O)(=O)c3cccnc3)C2)nc1C. The fraction of sp³-hybridized carbons (Fsp3) is 0.316. The molecule has 2 aromatic heterocycles. The Hall–Kier alpha value is -3.52. The lowest BCUT2D eigenvalue weighted by molar-refractivity contribution is -0.123. The number of nitriles is 1. The number of nitrogens with one attached hydrogen (secondary N) is 1. The third-order valence-electron chi connectivity index (χ3n) is 4.54. The molecule has 0 unspecified atom stereocenters. The molecule has 156 valence electrons. The predicted octanol–water partition coefficient (Wildman–Crippen LogP) is 0.775. The molecule has 10 nitrogen and oxygen atoms in total. The average molecular weight is 429 g/mol. The highest BCUT2D eigenvalue weighted by Crippen LogP contribution is 2.28. The first-order chi connectivity index (χ1) is 14.3. The fourth-order valence-electron chi connectivity index (χ4n) is 2.93. The zero-order valence-electron chi connectivity index (χ0n) is 16.3. The minimum absolute atomic E-state index is 0.104. The van der Waals surface area contributed by atoms with Crippen molar-refractivity contribution < 1.29 is 22.7 Å². The quantitative estimate of drug-likeness (QED) is 0.659. The molecule has 0 spiro atoms. The maximum absolute atomic E-state index is 12.3. The summed E-state index contributed by atoms with van der Waals surface area (Å²) < 4.78 is 31.5. The van der Waals surface area contributed by atoms with Crippen molar-refractivity contribution in [2.75, 3.05) is 24.6 Å². The van der Waals surface area contributed by atoms with Crippen LogP contribution in [0.15, 0.2) is 35.5 Å². The van der Waals surface area contributed by atoms with Crippen molar-refractivity contribution in [2.45, 2.75) is 18.7 Å². The van der Waals surface area contributed by atoms with E-state index in [-0.39, 0.29) is 35.7 Å². The van der Waals surface area contributed by atoms with E-state index in [1.165, 1.54) is 24.4 Å². The highest BCUT2D eigenvalue weighted by Gasteiger charge is 2.37. The molecule has 3 rings (SSSR count). The Kier molecular flexibility index (Phi) is 5.98. The summed E-state index contributed by atoms with van der Waals surface area (Å²) in [4.78, 5) is 34.0. The van der Waals surface area contributed by atoms with Crippen LogP contribution in [0, 0.1) is 24.2 Å². The molecule has 1 fully saturated rings. The summed E-state index contributed by atoms with van der Waals surface area (Å²) >= 11 is 0. The molecule has 1 aliphatic rings. The van der Waals surface area contributed by atoms with E-state index in [1.54, 1.807) is 18.7 Å². The number of rotatable bonds is 6. The number of aromatic nitrogens is 2. The molecule has 1 N–H and O–H groups in total. The number of carbonyl (C=O) groups excluding carboxylic acids is 2. The van der Waals surface area contributed by atoms with Crippen molar-refractivity contribution in [1.82, 2.24) is 14.7 Å². The van der Waals surface area contributed by atoms with Crippen LogP contribution < -0.4 is 9.62 Å². The summed E-state index contributed by atoms with van der Waals surface area (Å²) in [7, 11) is -4.00. The van der Waals surface area contributed by atoms with Crippen molar-refractivity contribution in [1.29, 1.82) is 5.26 Å². The largest absolute Gasteiger partial charge is 0.462 e. The molecule has 0 aromatic carbocycles. The van der Waals surface area contributed by atoms with E-state index in [0.717, 1.165) is 6.20 Å². The Morgan fingerprint density at radius 3 is 2.73 bits per heavy atom. The van der Waals surface area contributed by atoms with Crippen molar-refractivity contribution in [3.63, 3.8) is 0 Å². The monoisotopic (exact) mass is 429 g/mol. The van der Waals surface area contributed by atoms with Gasteiger partial charge in [-0.1, -0.05) is 0 Å². The van der Waals surface area contributed by atoms with Gasteiger partial charge in [0.15, 0.2) is 0 Å². The van der Waals surface area contributed by atoms with Gasteiger partial charge in [0, 0.05) is 25.5 Å². The second-order valence-corrected chi connectivity index (χ2v) is 8.27. The van der Waals surface area contributed by atoms with E-state index in [2.05, 4.69) is 9.97 Å². The van der Waals surface area contributed by atoms with Crippen LogP contribution in [0.2, 0.25) is 0 Å². The van der Waals surface area contributed by atoms with E-state index in [0.29, 0.717) is 11.5 Å². The molecule has 0 aliphatic carbocycles. The number of nitrogens with zero attached hydrogens (tertiary/aromatic N) is 4. The topological polar surface area (TPSA) is 142 Å². The Bertz CT molecular complexity index is 1120. The van der Waals surface area contributed by atoms with Crippen LogP contribution in [0.4, 0.5) is 5.82 Å². The lowest BCUT2D eigenvalue weighted by Crippen LogP contribution is -2.55. The Labute approximate surface area is 173 Å². The molecule has 0 saturated carbocycles. The zero-order valence-corrected chi connectivity index (χ0v) is 17.1. The number of esters is 1. The van der Waals surface area contributed by atoms with Crippen molar-refractivity contribution in [3.8, 4) is 6.07 Å². The van der Waals surface area contributed by atoms with Crippen LogP contribution in [0.5, 0.6) is 0 Å². The summed E-state index contributed by atoms with van der Waals surface area (Å²) in [5.41, 5.74) is 0.773. The Balaban J connectivity index is 1.70. The molecular weight excluding hydrogens is 410 g/mol. The molecule has 1 aliphatic heterocycles. The number of pyridine rings is 2. The van der Waals surface area contributed by atoms with E-state index < -0.39 is 27.8 Å². The molecule has 11 heteroatoms. The van der Waals surface area contributed by atoms with Gasteiger partial charge in [-0.25, -0.2) is 22.9 Å². The van der Waals surface area contributed by atoms with Crippen LogP contribution in [-0.4, -0.2) is 50.0 Å². The summed E-state index contributed by atoms with van der Waals surface area (Å²) in [6, 6.07) is 6.21. The molecule has 30 heavy (non-hydrogen) atoms. The first kappa shape index (κ1) is 21.2. The minimum atomic E-state index is -4.00. The van der Waals surface area contributed by atoms with Crippen LogP contribution in [0.3, 0.4) is 0 Å². The number of hydrogen-bond donors (Lipinski definition) is 1. The molecular formula is C19H19N5O5S. The van der Waals surface area contributed by atoms with Crippen molar-refractivity contribution in [2.24, 2.45) is 5.92 Å². The van der Waals surface area contributed by atoms with Gasteiger partial charge in [0.05, 0.1) is 29.3 Å². The molecule has 2 aromatic rings. The van der Waals surface area contributed by atoms with Gasteiger partial charge in [-0.2, -0.15) is 5.26 Å². The number of carbonyl (C=O) groups is 2. The smallest absolute Gasteiger partial charge is 0.340 e. The molecule has 0 atom stereocenters. The molecule has 0 bridgehead atoms. The highest BCUT2D eigenvalue weighted by molar-refractivity contribution is 7.90. The highest BCUT2D eigenvalue weighted by atomic mass is 32.2. The van der Waals surface area contributed by atoms with Crippen molar-refractivity contribution in [3.05, 3.63) is 47.4 Å². The van der Waals surface area contributed by atoms with Gasteiger partial charge < -0.3 is 9.64 Å². The number of aryl methyl sites for hydroxylation is 1. The molecule has 1 amide bonds. The Morgan fingerprint density at radius 2 is 2.13 bits per heavy atom. The number of anilines is 1. The predicted molar refractivity (Wildman–Crippen MR) is 105 cm³/mol. The molecule has 1 saturated heterocycles. The number of amides is 1. The van der Waals surface area contributed by atoms with Crippen LogP contribution in [0.1, 0.15) is 28.5 Å². The van der Waals surface area contributed by atoms with Gasteiger partial charge in [0.2, 0.25) is 5.91 Å². The third kappa shape index (κ3) is 4.23. The van der Waals surface area contributed by atoms with Crippen molar-refractivity contribution >= 4 is 27.7 Å². The second kappa shape index (κ2) is 8.46. The maximum Gasteiger partial charge on any atom is 0.340 e.